The van der Waals surface area contributed by atoms with Gasteiger partial charge >= 0.3 is 0 Å². The first-order chi connectivity index (χ1) is 11.4. The molecule has 0 aliphatic carbocycles. The maximum absolute atomic E-state index is 13.9. The van der Waals surface area contributed by atoms with Crippen LogP contribution in [0.3, 0.4) is 0 Å². The van der Waals surface area contributed by atoms with Gasteiger partial charge in [0.05, 0.1) is 18.3 Å². The molecule has 24 heavy (non-hydrogen) atoms. The fourth-order valence-corrected chi connectivity index (χ4v) is 2.51. The van der Waals surface area contributed by atoms with E-state index in [2.05, 4.69) is 15.5 Å². The first-order valence-electron chi connectivity index (χ1n) is 7.21. The molecule has 0 aliphatic heterocycles. The van der Waals surface area contributed by atoms with Gasteiger partial charge in [0.25, 0.3) is 5.91 Å². The summed E-state index contributed by atoms with van der Waals surface area (Å²) in [5.74, 6) is -0.316. The number of halogens is 2. The minimum Gasteiger partial charge on any atom is -0.305 e. The molecule has 0 saturated heterocycles. The van der Waals surface area contributed by atoms with Crippen molar-refractivity contribution in [2.45, 2.75) is 13.5 Å². The number of nitrogens with zero attached hydrogens (tertiary/aromatic N) is 4. The number of hydrogen-bond acceptors (Lipinski definition) is 3. The molecule has 0 saturated carbocycles. The number of aromatic nitrogens is 4. The van der Waals surface area contributed by atoms with Crippen LogP contribution < -0.4 is 5.32 Å². The van der Waals surface area contributed by atoms with E-state index in [1.807, 2.05) is 6.92 Å². The summed E-state index contributed by atoms with van der Waals surface area (Å²) in [5.41, 5.74) is 1.56. The lowest BCUT2D eigenvalue weighted by molar-refractivity contribution is 0.102. The van der Waals surface area contributed by atoms with Gasteiger partial charge in [0, 0.05) is 35.6 Å². The first kappa shape index (κ1) is 16.2. The van der Waals surface area contributed by atoms with Crippen molar-refractivity contribution >= 4 is 23.3 Å². The van der Waals surface area contributed by atoms with Crippen LogP contribution in [-0.4, -0.2) is 25.5 Å². The van der Waals surface area contributed by atoms with E-state index in [-0.39, 0.29) is 12.5 Å². The Bertz CT molecular complexity index is 882. The van der Waals surface area contributed by atoms with Gasteiger partial charge in [-0.3, -0.25) is 14.2 Å². The highest BCUT2D eigenvalue weighted by atomic mass is 35.5. The Kier molecular flexibility index (Phi) is 4.35. The smallest absolute Gasteiger partial charge is 0.260 e. The Morgan fingerprint density at radius 1 is 1.42 bits per heavy atom. The molecule has 6 nitrogen and oxygen atoms in total. The van der Waals surface area contributed by atoms with Gasteiger partial charge in [0.1, 0.15) is 5.82 Å². The van der Waals surface area contributed by atoms with E-state index in [0.717, 1.165) is 5.69 Å². The molecule has 0 unspecified atom stereocenters. The maximum atomic E-state index is 13.9. The van der Waals surface area contributed by atoms with Crippen LogP contribution in [0.5, 0.6) is 0 Å². The van der Waals surface area contributed by atoms with Crippen molar-refractivity contribution in [2.75, 3.05) is 5.32 Å². The molecule has 2 heterocycles. The summed E-state index contributed by atoms with van der Waals surface area (Å²) in [4.78, 5) is 12.1. The van der Waals surface area contributed by atoms with Gasteiger partial charge in [-0.15, -0.1) is 0 Å². The summed E-state index contributed by atoms with van der Waals surface area (Å²) in [7, 11) is 1.73. The van der Waals surface area contributed by atoms with E-state index >= 15 is 0 Å². The van der Waals surface area contributed by atoms with Crippen LogP contribution in [0, 0.1) is 12.7 Å². The van der Waals surface area contributed by atoms with E-state index in [0.29, 0.717) is 22.0 Å². The van der Waals surface area contributed by atoms with Crippen LogP contribution in [0.15, 0.2) is 36.7 Å². The van der Waals surface area contributed by atoms with Gasteiger partial charge in [-0.25, -0.2) is 4.39 Å². The van der Waals surface area contributed by atoms with Crippen molar-refractivity contribution in [3.05, 3.63) is 64.3 Å². The average molecular weight is 348 g/mol. The number of rotatable bonds is 4. The molecule has 1 N–H and O–H groups in total. The normalized spacial score (nSPS) is 10.8. The predicted molar refractivity (Wildman–Crippen MR) is 88.6 cm³/mol. The highest BCUT2D eigenvalue weighted by Crippen LogP contribution is 2.21. The lowest BCUT2D eigenvalue weighted by Gasteiger charge is -2.07. The molecule has 124 valence electrons. The standard InChI is InChI=1S/C16H15ClFN5O/c1-10-6-15(20-16(24)11-7-19-22(2)8-11)21-23(10)9-12-13(17)4-3-5-14(12)18/h3-8H,9H2,1-2H3,(H,20,21,24). The van der Waals surface area contributed by atoms with Crippen molar-refractivity contribution in [3.63, 3.8) is 0 Å². The third kappa shape index (κ3) is 3.30. The summed E-state index contributed by atoms with van der Waals surface area (Å²) in [6, 6.07) is 6.24. The molecule has 0 aliphatic rings. The van der Waals surface area contributed by atoms with Crippen LogP contribution >= 0.6 is 11.6 Å². The quantitative estimate of drug-likeness (QED) is 0.789. The molecule has 1 amide bonds. The second kappa shape index (κ2) is 6.45. The van der Waals surface area contributed by atoms with Gasteiger partial charge < -0.3 is 5.32 Å². The fraction of sp³-hybridized carbons (Fsp3) is 0.188. The predicted octanol–water partition coefficient (Wildman–Crippen LogP) is 3.02. The lowest BCUT2D eigenvalue weighted by atomic mass is 10.2. The molecule has 3 aromatic rings. The molecule has 0 bridgehead atoms. The number of anilines is 1. The zero-order valence-corrected chi connectivity index (χ0v) is 13.9. The van der Waals surface area contributed by atoms with Crippen molar-refractivity contribution in [3.8, 4) is 0 Å². The molecule has 0 atom stereocenters. The van der Waals surface area contributed by atoms with Gasteiger partial charge in [0.15, 0.2) is 5.82 Å². The van der Waals surface area contributed by atoms with Crippen molar-refractivity contribution < 1.29 is 9.18 Å². The van der Waals surface area contributed by atoms with Crippen LogP contribution in [0.2, 0.25) is 5.02 Å². The molecule has 0 fully saturated rings. The zero-order chi connectivity index (χ0) is 17.3. The lowest BCUT2D eigenvalue weighted by Crippen LogP contribution is -2.12. The number of benzene rings is 1. The van der Waals surface area contributed by atoms with Crippen molar-refractivity contribution in [1.29, 1.82) is 0 Å². The van der Waals surface area contributed by atoms with Gasteiger partial charge in [-0.2, -0.15) is 10.2 Å². The van der Waals surface area contributed by atoms with Crippen LogP contribution in [0.25, 0.3) is 0 Å². The van der Waals surface area contributed by atoms with Crippen molar-refractivity contribution in [2.24, 2.45) is 7.05 Å². The SMILES string of the molecule is Cc1cc(NC(=O)c2cnn(C)c2)nn1Cc1c(F)cccc1Cl. The number of amides is 1. The van der Waals surface area contributed by atoms with Gasteiger partial charge in [-0.05, 0) is 19.1 Å². The molecule has 2 aromatic heterocycles. The topological polar surface area (TPSA) is 64.7 Å². The third-order valence-corrected chi connectivity index (χ3v) is 3.91. The molecule has 0 radical (unpaired) electrons. The summed E-state index contributed by atoms with van der Waals surface area (Å²) in [6.45, 7) is 2.00. The molecule has 8 heteroatoms. The van der Waals surface area contributed by atoms with E-state index in [1.54, 1.807) is 40.8 Å². The molecule has 0 spiro atoms. The summed E-state index contributed by atoms with van der Waals surface area (Å²) >= 11 is 6.05. The Hall–Kier alpha value is -2.67. The largest absolute Gasteiger partial charge is 0.305 e. The number of hydrogen-bond donors (Lipinski definition) is 1. The Morgan fingerprint density at radius 2 is 2.21 bits per heavy atom. The Morgan fingerprint density at radius 3 is 2.88 bits per heavy atom. The van der Waals surface area contributed by atoms with E-state index in [4.69, 9.17) is 11.6 Å². The fourth-order valence-electron chi connectivity index (χ4n) is 2.29. The second-order valence-corrected chi connectivity index (χ2v) is 5.79. The van der Waals surface area contributed by atoms with Crippen LogP contribution in [0.4, 0.5) is 10.2 Å². The monoisotopic (exact) mass is 347 g/mol. The summed E-state index contributed by atoms with van der Waals surface area (Å²) in [6.07, 6.45) is 3.08. The van der Waals surface area contributed by atoms with E-state index < -0.39 is 5.82 Å². The third-order valence-electron chi connectivity index (χ3n) is 3.56. The Balaban J connectivity index is 1.79. The highest BCUT2D eigenvalue weighted by molar-refractivity contribution is 6.31. The van der Waals surface area contributed by atoms with E-state index in [1.165, 1.54) is 12.3 Å². The highest BCUT2D eigenvalue weighted by Gasteiger charge is 2.14. The minimum atomic E-state index is -0.390. The first-order valence-corrected chi connectivity index (χ1v) is 7.59. The maximum Gasteiger partial charge on any atom is 0.260 e. The summed E-state index contributed by atoms with van der Waals surface area (Å²) in [5, 5.41) is 11.3. The number of nitrogens with one attached hydrogen (secondary N) is 1. The number of aryl methyl sites for hydroxylation is 2. The average Bonchev–Trinajstić information content (AvgIpc) is 3.09. The molecule has 3 rings (SSSR count). The Labute approximate surface area is 142 Å². The second-order valence-electron chi connectivity index (χ2n) is 5.39. The van der Waals surface area contributed by atoms with Crippen molar-refractivity contribution in [1.82, 2.24) is 19.6 Å². The molecule has 1 aromatic carbocycles. The molecular weight excluding hydrogens is 333 g/mol. The van der Waals surface area contributed by atoms with Crippen LogP contribution in [0.1, 0.15) is 21.6 Å². The van der Waals surface area contributed by atoms with Gasteiger partial charge in [-0.1, -0.05) is 17.7 Å². The number of carbonyl (C=O) groups is 1. The van der Waals surface area contributed by atoms with E-state index in [9.17, 15) is 9.18 Å². The summed E-state index contributed by atoms with van der Waals surface area (Å²) < 4.78 is 17.0. The minimum absolute atomic E-state index is 0.181. The zero-order valence-electron chi connectivity index (χ0n) is 13.1. The van der Waals surface area contributed by atoms with Crippen LogP contribution in [-0.2, 0) is 13.6 Å². The number of carbonyl (C=O) groups excluding carboxylic acids is 1. The van der Waals surface area contributed by atoms with Gasteiger partial charge in [0.2, 0.25) is 0 Å². The molecular formula is C16H15ClFN5O.